The number of thioether (sulfide) groups is 2. The fourth-order valence-electron chi connectivity index (χ4n) is 2.11. The van der Waals surface area contributed by atoms with Crippen molar-refractivity contribution in [1.82, 2.24) is 4.90 Å². The van der Waals surface area contributed by atoms with E-state index in [1.54, 1.807) is 0 Å². The van der Waals surface area contributed by atoms with E-state index in [4.69, 9.17) is 0 Å². The lowest BCUT2D eigenvalue weighted by molar-refractivity contribution is -0.113. The number of carbonyl (C=O) groups is 1. The molecule has 0 radical (unpaired) electrons. The van der Waals surface area contributed by atoms with Gasteiger partial charge in [0.1, 0.15) is 0 Å². The highest BCUT2D eigenvalue weighted by atomic mass is 32.2. The van der Waals surface area contributed by atoms with Crippen LogP contribution in [0.25, 0.3) is 6.08 Å². The summed E-state index contributed by atoms with van der Waals surface area (Å²) in [5, 5.41) is 0.861. The van der Waals surface area contributed by atoms with Crippen molar-refractivity contribution in [2.45, 2.75) is 0 Å². The Balaban J connectivity index is 1.64. The predicted octanol–water partition coefficient (Wildman–Crippen LogP) is 3.26. The number of benzene rings is 1. The van der Waals surface area contributed by atoms with Gasteiger partial charge in [-0.05, 0) is 23.4 Å². The topological polar surface area (TPSA) is 32.7 Å². The average Bonchev–Trinajstić information content (AvgIpc) is 2.91. The van der Waals surface area contributed by atoms with Crippen molar-refractivity contribution in [2.75, 3.05) is 24.6 Å². The average molecular weight is 316 g/mol. The Morgan fingerprint density at radius 3 is 2.67 bits per heavy atom. The molecule has 0 aromatic heterocycles. The summed E-state index contributed by atoms with van der Waals surface area (Å²) in [5.41, 5.74) is 1.12. The van der Waals surface area contributed by atoms with Gasteiger partial charge in [0.15, 0.2) is 5.17 Å². The number of hydrogen-bond acceptors (Lipinski definition) is 4. The second-order valence-corrected chi connectivity index (χ2v) is 6.94. The van der Waals surface area contributed by atoms with E-state index in [0.717, 1.165) is 35.3 Å². The van der Waals surface area contributed by atoms with Crippen LogP contribution in [-0.2, 0) is 4.79 Å². The number of amides is 1. The Morgan fingerprint density at radius 2 is 1.90 bits per heavy atom. The molecule has 0 saturated carbocycles. The van der Waals surface area contributed by atoms with Gasteiger partial charge < -0.3 is 4.90 Å². The summed E-state index contributed by atoms with van der Waals surface area (Å²) in [4.78, 5) is 19.0. The van der Waals surface area contributed by atoms with Gasteiger partial charge in [-0.3, -0.25) is 4.79 Å². The number of hydrogen-bond donors (Lipinski definition) is 0. The molecule has 1 aromatic carbocycles. The summed E-state index contributed by atoms with van der Waals surface area (Å²) in [7, 11) is 0. The highest BCUT2D eigenvalue weighted by Gasteiger charge is 2.26. The first-order valence-electron chi connectivity index (χ1n) is 6.90. The lowest BCUT2D eigenvalue weighted by Crippen LogP contribution is -2.35. The second-order valence-electron chi connectivity index (χ2n) is 4.70. The molecule has 21 heavy (non-hydrogen) atoms. The maximum absolute atomic E-state index is 11.9. The minimum Gasteiger partial charge on any atom is -0.349 e. The summed E-state index contributed by atoms with van der Waals surface area (Å²) < 4.78 is 0. The van der Waals surface area contributed by atoms with Gasteiger partial charge in [0.25, 0.3) is 5.91 Å². The molecule has 5 heteroatoms. The number of nitrogens with zero attached hydrogens (tertiary/aromatic N) is 2. The highest BCUT2D eigenvalue weighted by Crippen LogP contribution is 2.29. The first-order chi connectivity index (χ1) is 10.3. The zero-order valence-electron chi connectivity index (χ0n) is 11.6. The van der Waals surface area contributed by atoms with Crippen LogP contribution in [0, 0.1) is 0 Å². The largest absolute Gasteiger partial charge is 0.349 e. The molecule has 0 N–H and O–H groups in total. The molecule has 3 rings (SSSR count). The number of aliphatic imine (C=N–C) groups is 1. The normalized spacial score (nSPS) is 21.3. The zero-order valence-corrected chi connectivity index (χ0v) is 13.2. The Hall–Kier alpha value is -1.46. The number of carbonyl (C=O) groups excluding carboxylic acids is 1. The van der Waals surface area contributed by atoms with E-state index in [1.165, 1.54) is 11.8 Å². The van der Waals surface area contributed by atoms with E-state index in [0.29, 0.717) is 4.91 Å². The van der Waals surface area contributed by atoms with E-state index in [2.05, 4.69) is 9.89 Å². The summed E-state index contributed by atoms with van der Waals surface area (Å²) in [6.07, 6.45) is 5.77. The monoisotopic (exact) mass is 316 g/mol. The Morgan fingerprint density at radius 1 is 1.14 bits per heavy atom. The third-order valence-corrected chi connectivity index (χ3v) is 5.23. The predicted molar refractivity (Wildman–Crippen MR) is 92.5 cm³/mol. The van der Waals surface area contributed by atoms with Crippen LogP contribution in [0.1, 0.15) is 5.56 Å². The van der Waals surface area contributed by atoms with Gasteiger partial charge in [-0.2, -0.15) is 16.8 Å². The van der Waals surface area contributed by atoms with Crippen LogP contribution in [0.5, 0.6) is 0 Å². The minimum absolute atomic E-state index is 0.120. The standard InChI is InChI=1S/C16H16N2OS2/c19-15-14(8-4-7-13-5-2-1-3-6-13)21-16(17-15)18-9-11-20-12-10-18/h1-8H,9-12H2. The maximum Gasteiger partial charge on any atom is 0.286 e. The van der Waals surface area contributed by atoms with Crippen molar-refractivity contribution < 1.29 is 4.79 Å². The first-order valence-corrected chi connectivity index (χ1v) is 8.87. The van der Waals surface area contributed by atoms with Crippen LogP contribution in [0.3, 0.4) is 0 Å². The molecule has 2 heterocycles. The van der Waals surface area contributed by atoms with Crippen molar-refractivity contribution >= 4 is 40.7 Å². The molecule has 0 unspecified atom stereocenters. The molecule has 0 atom stereocenters. The first kappa shape index (κ1) is 14.5. The molecular weight excluding hydrogens is 300 g/mol. The minimum atomic E-state index is -0.120. The third kappa shape index (κ3) is 3.80. The molecule has 1 saturated heterocycles. The molecule has 0 spiro atoms. The molecule has 1 amide bonds. The van der Waals surface area contributed by atoms with Crippen LogP contribution in [0.2, 0.25) is 0 Å². The molecule has 2 aliphatic rings. The van der Waals surface area contributed by atoms with Gasteiger partial charge in [0.05, 0.1) is 4.91 Å². The molecule has 0 aliphatic carbocycles. The van der Waals surface area contributed by atoms with E-state index in [9.17, 15) is 4.79 Å². The van der Waals surface area contributed by atoms with Gasteiger partial charge in [0.2, 0.25) is 0 Å². The lowest BCUT2D eigenvalue weighted by Gasteiger charge is -2.26. The molecule has 1 aromatic rings. The van der Waals surface area contributed by atoms with Crippen LogP contribution < -0.4 is 0 Å². The van der Waals surface area contributed by atoms with Crippen molar-refractivity contribution in [2.24, 2.45) is 4.99 Å². The van der Waals surface area contributed by atoms with Gasteiger partial charge in [0, 0.05) is 24.6 Å². The zero-order chi connectivity index (χ0) is 14.5. The fraction of sp³-hybridized carbons (Fsp3) is 0.250. The Labute approximate surface area is 133 Å². The summed E-state index contributed by atoms with van der Waals surface area (Å²) in [5.74, 6) is 2.10. The van der Waals surface area contributed by atoms with Crippen LogP contribution >= 0.6 is 23.5 Å². The van der Waals surface area contributed by atoms with E-state index >= 15 is 0 Å². The molecule has 0 bridgehead atoms. The van der Waals surface area contributed by atoms with Crippen LogP contribution in [0.4, 0.5) is 0 Å². The summed E-state index contributed by atoms with van der Waals surface area (Å²) in [6.45, 7) is 1.97. The quantitative estimate of drug-likeness (QED) is 0.784. The molecular formula is C16H16N2OS2. The number of rotatable bonds is 2. The maximum atomic E-state index is 11.9. The van der Waals surface area contributed by atoms with Gasteiger partial charge >= 0.3 is 0 Å². The molecule has 2 aliphatic heterocycles. The van der Waals surface area contributed by atoms with E-state index in [1.807, 2.05) is 60.3 Å². The highest BCUT2D eigenvalue weighted by molar-refractivity contribution is 8.18. The molecule has 1 fully saturated rings. The summed E-state index contributed by atoms with van der Waals surface area (Å²) >= 11 is 3.44. The van der Waals surface area contributed by atoms with Gasteiger partial charge in [-0.25, -0.2) is 0 Å². The Bertz CT molecular complexity index is 602. The molecule has 3 nitrogen and oxygen atoms in total. The van der Waals surface area contributed by atoms with Gasteiger partial charge in [-0.15, -0.1) is 0 Å². The molecule has 108 valence electrons. The number of amidine groups is 1. The Kier molecular flexibility index (Phi) is 4.83. The lowest BCUT2D eigenvalue weighted by atomic mass is 10.2. The van der Waals surface area contributed by atoms with Crippen LogP contribution in [0.15, 0.2) is 52.4 Å². The SMILES string of the molecule is O=C1N=C(N2CCSCC2)SC1=CC=Cc1ccccc1. The summed E-state index contributed by atoms with van der Waals surface area (Å²) in [6, 6.07) is 10.1. The number of allylic oxidation sites excluding steroid dienone is 2. The second kappa shape index (κ2) is 7.00. The van der Waals surface area contributed by atoms with Crippen LogP contribution in [-0.4, -0.2) is 40.6 Å². The van der Waals surface area contributed by atoms with Crippen molar-refractivity contribution in [3.63, 3.8) is 0 Å². The van der Waals surface area contributed by atoms with E-state index in [-0.39, 0.29) is 5.91 Å². The fourth-order valence-corrected chi connectivity index (χ4v) is 3.93. The van der Waals surface area contributed by atoms with Crippen molar-refractivity contribution in [3.8, 4) is 0 Å². The van der Waals surface area contributed by atoms with Gasteiger partial charge in [-0.1, -0.05) is 42.5 Å². The van der Waals surface area contributed by atoms with E-state index < -0.39 is 0 Å². The van der Waals surface area contributed by atoms with Crippen molar-refractivity contribution in [3.05, 3.63) is 53.0 Å². The third-order valence-electron chi connectivity index (χ3n) is 3.23. The smallest absolute Gasteiger partial charge is 0.286 e. The van der Waals surface area contributed by atoms with Crippen molar-refractivity contribution in [1.29, 1.82) is 0 Å².